The summed E-state index contributed by atoms with van der Waals surface area (Å²) in [5, 5.41) is 12.5. The van der Waals surface area contributed by atoms with Crippen molar-refractivity contribution in [1.82, 2.24) is 24.7 Å². The van der Waals surface area contributed by atoms with E-state index in [4.69, 9.17) is 9.82 Å². The Balaban J connectivity index is 1.97. The first-order chi connectivity index (χ1) is 13.0. The molecule has 0 fully saturated rings. The van der Waals surface area contributed by atoms with Crippen LogP contribution < -0.4 is 0 Å². The summed E-state index contributed by atoms with van der Waals surface area (Å²) in [5.74, 6) is 1.67. The number of fused-ring (bicyclic) bond motifs is 1. The van der Waals surface area contributed by atoms with E-state index in [1.807, 2.05) is 30.9 Å². The molecule has 0 spiro atoms. The zero-order valence-electron chi connectivity index (χ0n) is 15.7. The van der Waals surface area contributed by atoms with Crippen LogP contribution in [0.2, 0.25) is 0 Å². The number of pyridine rings is 1. The highest BCUT2D eigenvalue weighted by atomic mass is 79.9. The second-order valence-electron chi connectivity index (χ2n) is 5.98. The van der Waals surface area contributed by atoms with E-state index in [2.05, 4.69) is 49.3 Å². The van der Waals surface area contributed by atoms with Gasteiger partial charge in [-0.25, -0.2) is 4.98 Å². The maximum absolute atomic E-state index is 5.31. The van der Waals surface area contributed by atoms with Crippen LogP contribution in [0, 0.1) is 6.92 Å². The Morgan fingerprint density at radius 2 is 2.15 bits per heavy atom. The number of rotatable bonds is 7. The molecule has 0 saturated heterocycles. The highest BCUT2D eigenvalue weighted by Gasteiger charge is 2.17. The van der Waals surface area contributed by atoms with Crippen molar-refractivity contribution in [3.8, 4) is 11.5 Å². The average Bonchev–Trinajstić information content (AvgIpc) is 3.00. The Bertz CT molecular complexity index is 987. The number of hydrogen-bond donors (Lipinski definition) is 0. The molecule has 0 aliphatic carbocycles. The minimum Gasteiger partial charge on any atom is -0.394 e. The number of thioether (sulfide) groups is 1. The van der Waals surface area contributed by atoms with E-state index in [0.717, 1.165) is 51.7 Å². The summed E-state index contributed by atoms with van der Waals surface area (Å²) in [6.07, 6.45) is 4.63. The number of nitrogens with zero attached hydrogens (tertiary/aromatic N) is 6. The van der Waals surface area contributed by atoms with E-state index in [9.17, 15) is 0 Å². The molecule has 3 heterocycles. The predicted octanol–water partition coefficient (Wildman–Crippen LogP) is 3.73. The van der Waals surface area contributed by atoms with Gasteiger partial charge in [0.05, 0.1) is 5.69 Å². The molecule has 0 atom stereocenters. The largest absolute Gasteiger partial charge is 0.394 e. The van der Waals surface area contributed by atoms with E-state index in [-0.39, 0.29) is 0 Å². The van der Waals surface area contributed by atoms with Gasteiger partial charge in [0.2, 0.25) is 0 Å². The summed E-state index contributed by atoms with van der Waals surface area (Å²) in [5.41, 5.74) is 5.18. The Kier molecular flexibility index (Phi) is 6.43. The molecular weight excluding hydrogens is 428 g/mol. The fraction of sp³-hybridized carbons (Fsp3) is 0.389. The first-order valence-electron chi connectivity index (χ1n) is 8.56. The van der Waals surface area contributed by atoms with E-state index in [1.54, 1.807) is 18.0 Å². The Labute approximate surface area is 170 Å². The Morgan fingerprint density at radius 3 is 2.89 bits per heavy atom. The van der Waals surface area contributed by atoms with Crippen LogP contribution in [0.25, 0.3) is 22.7 Å². The van der Waals surface area contributed by atoms with Crippen molar-refractivity contribution in [2.45, 2.75) is 20.3 Å². The lowest BCUT2D eigenvalue weighted by Gasteiger charge is -2.09. The number of hydrogen-bond acceptors (Lipinski definition) is 7. The van der Waals surface area contributed by atoms with Gasteiger partial charge in [0.1, 0.15) is 17.8 Å². The van der Waals surface area contributed by atoms with E-state index >= 15 is 0 Å². The molecule has 0 unspecified atom stereocenters. The summed E-state index contributed by atoms with van der Waals surface area (Å²) in [4.78, 5) is 14.7. The number of halogens is 1. The third-order valence-corrected chi connectivity index (χ3v) is 5.24. The van der Waals surface area contributed by atoms with Crippen molar-refractivity contribution in [2.24, 2.45) is 12.2 Å². The highest BCUT2D eigenvalue weighted by molar-refractivity contribution is 9.18. The van der Waals surface area contributed by atoms with Crippen LogP contribution in [0.3, 0.4) is 0 Å². The zero-order chi connectivity index (χ0) is 19.4. The van der Waals surface area contributed by atoms with Crippen molar-refractivity contribution in [3.63, 3.8) is 0 Å². The van der Waals surface area contributed by atoms with Gasteiger partial charge >= 0.3 is 0 Å². The first-order valence-corrected chi connectivity index (χ1v) is 10.7. The molecule has 0 bridgehead atoms. The van der Waals surface area contributed by atoms with E-state index < -0.39 is 0 Å². The first kappa shape index (κ1) is 19.8. The minimum atomic E-state index is 0.572. The zero-order valence-corrected chi connectivity index (χ0v) is 18.1. The average molecular weight is 449 g/mol. The molecule has 0 radical (unpaired) electrons. The lowest BCUT2D eigenvalue weighted by Crippen LogP contribution is -2.03. The summed E-state index contributed by atoms with van der Waals surface area (Å²) >= 11 is 5.19. The molecule has 7 nitrogen and oxygen atoms in total. The predicted molar refractivity (Wildman–Crippen MR) is 113 cm³/mol. The Hall–Kier alpha value is -2.00. The second kappa shape index (κ2) is 8.79. The second-order valence-corrected chi connectivity index (χ2v) is 7.72. The van der Waals surface area contributed by atoms with E-state index in [1.165, 1.54) is 0 Å². The van der Waals surface area contributed by atoms with Gasteiger partial charge in [-0.1, -0.05) is 12.1 Å². The minimum absolute atomic E-state index is 0.572. The van der Waals surface area contributed by atoms with Gasteiger partial charge in [-0.3, -0.25) is 4.98 Å². The molecule has 3 rings (SSSR count). The molecule has 0 amide bonds. The molecule has 142 valence electrons. The van der Waals surface area contributed by atoms with Crippen LogP contribution in [0.5, 0.6) is 0 Å². The van der Waals surface area contributed by atoms with Crippen molar-refractivity contribution in [3.05, 3.63) is 35.2 Å². The van der Waals surface area contributed by atoms with Gasteiger partial charge < -0.3 is 9.40 Å². The van der Waals surface area contributed by atoms with Crippen molar-refractivity contribution < 1.29 is 4.84 Å². The van der Waals surface area contributed by atoms with Crippen LogP contribution >= 0.6 is 27.7 Å². The number of aryl methyl sites for hydroxylation is 3. The van der Waals surface area contributed by atoms with Gasteiger partial charge in [-0.05, 0) is 53.2 Å². The fourth-order valence-corrected chi connectivity index (χ4v) is 3.22. The molecule has 9 heteroatoms. The van der Waals surface area contributed by atoms with Gasteiger partial charge in [-0.2, -0.15) is 16.9 Å². The fourth-order valence-electron chi connectivity index (χ4n) is 2.66. The summed E-state index contributed by atoms with van der Waals surface area (Å²) < 4.78 is 2.56. The molecule has 0 aliphatic heterocycles. The highest BCUT2D eigenvalue weighted by Crippen LogP contribution is 2.25. The molecule has 3 aromatic rings. The van der Waals surface area contributed by atoms with Crippen molar-refractivity contribution in [2.75, 3.05) is 18.6 Å². The van der Waals surface area contributed by atoms with Crippen LogP contribution in [-0.2, 0) is 18.3 Å². The monoisotopic (exact) mass is 448 g/mol. The standard InChI is InChI=1S/C18H21BrN6OS/c1-5-12-9-13(16(19)24-26-6-7-27-4)10-20-15(12)18-21-14-8-11(2)22-23-17(14)25(18)3/h8-10H,5-7H2,1-4H3/b24-16-. The maximum Gasteiger partial charge on any atom is 0.182 e. The normalized spacial score (nSPS) is 12.0. The number of oxime groups is 1. The summed E-state index contributed by atoms with van der Waals surface area (Å²) in [6, 6.07) is 3.99. The van der Waals surface area contributed by atoms with Crippen LogP contribution in [0.15, 0.2) is 23.5 Å². The third-order valence-electron chi connectivity index (χ3n) is 4.06. The lowest BCUT2D eigenvalue weighted by atomic mass is 10.1. The van der Waals surface area contributed by atoms with E-state index in [0.29, 0.717) is 11.2 Å². The quantitative estimate of drug-likeness (QED) is 0.311. The topological polar surface area (TPSA) is 78.1 Å². The van der Waals surface area contributed by atoms with Gasteiger partial charge in [0.15, 0.2) is 16.1 Å². The third kappa shape index (κ3) is 4.30. The summed E-state index contributed by atoms with van der Waals surface area (Å²) in [6.45, 7) is 4.57. The summed E-state index contributed by atoms with van der Waals surface area (Å²) in [7, 11) is 1.93. The maximum atomic E-state index is 5.31. The number of aromatic nitrogens is 5. The molecule has 0 aromatic carbocycles. The molecule has 27 heavy (non-hydrogen) atoms. The lowest BCUT2D eigenvalue weighted by molar-refractivity contribution is 0.163. The molecule has 0 N–H and O–H groups in total. The molecule has 0 aliphatic rings. The SMILES string of the molecule is CCc1cc(/C(Br)=N/OCCSC)cnc1-c1nc2cc(C)nnc2n1C. The van der Waals surface area contributed by atoms with Crippen molar-refractivity contribution >= 4 is 43.5 Å². The molecule has 0 saturated carbocycles. The molecular formula is C18H21BrN6OS. The van der Waals surface area contributed by atoms with Crippen molar-refractivity contribution in [1.29, 1.82) is 0 Å². The van der Waals surface area contributed by atoms with Crippen LogP contribution in [-0.4, -0.2) is 48.0 Å². The molecule has 3 aromatic heterocycles. The number of imidazole rings is 1. The van der Waals surface area contributed by atoms with Crippen LogP contribution in [0.4, 0.5) is 0 Å². The smallest absolute Gasteiger partial charge is 0.182 e. The van der Waals surface area contributed by atoms with Gasteiger partial charge in [0, 0.05) is 24.6 Å². The van der Waals surface area contributed by atoms with Gasteiger partial charge in [0.25, 0.3) is 0 Å². The van der Waals surface area contributed by atoms with Gasteiger partial charge in [-0.15, -0.1) is 5.10 Å². The van der Waals surface area contributed by atoms with Crippen LogP contribution in [0.1, 0.15) is 23.7 Å². The Morgan fingerprint density at radius 1 is 1.33 bits per heavy atom.